The molecule has 2 atom stereocenters. The Morgan fingerprint density at radius 3 is 2.94 bits per heavy atom. The molecule has 0 aliphatic carbocycles. The lowest BCUT2D eigenvalue weighted by molar-refractivity contribution is -0.0228. The smallest absolute Gasteiger partial charge is 0.251 e. The van der Waals surface area contributed by atoms with Gasteiger partial charge in [0.1, 0.15) is 5.60 Å². The lowest BCUT2D eigenvalue weighted by atomic mass is 9.97. The lowest BCUT2D eigenvalue weighted by Crippen LogP contribution is -2.47. The molecule has 0 saturated carbocycles. The van der Waals surface area contributed by atoms with E-state index >= 15 is 0 Å². The average molecular weight is 292 g/mol. The van der Waals surface area contributed by atoms with Crippen molar-refractivity contribution in [1.29, 1.82) is 0 Å². The van der Waals surface area contributed by atoms with Crippen molar-refractivity contribution in [3.8, 4) is 0 Å². The van der Waals surface area contributed by atoms with E-state index < -0.39 is 15.6 Å². The van der Waals surface area contributed by atoms with Gasteiger partial charge in [-0.15, -0.1) is 11.3 Å². The van der Waals surface area contributed by atoms with Gasteiger partial charge < -0.3 is 9.84 Å². The molecule has 18 heavy (non-hydrogen) atoms. The first kappa shape index (κ1) is 13.9. The number of hydrogen-bond donors (Lipinski definition) is 2. The van der Waals surface area contributed by atoms with Gasteiger partial charge in [0.2, 0.25) is 0 Å². The monoisotopic (exact) mass is 292 g/mol. The first-order valence-corrected chi connectivity index (χ1v) is 7.89. The predicted octanol–water partition coefficient (Wildman–Crippen LogP) is 0.270. The molecular formula is C10H16N2O4S2. The summed E-state index contributed by atoms with van der Waals surface area (Å²) in [6.45, 7) is 3.87. The van der Waals surface area contributed by atoms with Crippen LogP contribution in [0.3, 0.4) is 0 Å². The quantitative estimate of drug-likeness (QED) is 0.831. The first-order chi connectivity index (χ1) is 8.33. The largest absolute Gasteiger partial charge is 0.386 e. The molecule has 2 N–H and O–H groups in total. The maximum absolute atomic E-state index is 12.0. The summed E-state index contributed by atoms with van der Waals surface area (Å²) in [7, 11) is -3.60. The number of hydrogen-bond acceptors (Lipinski definition) is 6. The van der Waals surface area contributed by atoms with Crippen LogP contribution in [0.15, 0.2) is 10.4 Å². The summed E-state index contributed by atoms with van der Waals surface area (Å²) in [4.78, 5) is 3.91. The molecule has 0 spiro atoms. The fourth-order valence-corrected chi connectivity index (χ4v) is 4.01. The van der Waals surface area contributed by atoms with Crippen molar-refractivity contribution < 1.29 is 18.3 Å². The van der Waals surface area contributed by atoms with E-state index in [1.165, 1.54) is 6.20 Å². The van der Waals surface area contributed by atoms with Crippen molar-refractivity contribution in [2.45, 2.75) is 36.2 Å². The van der Waals surface area contributed by atoms with Crippen molar-refractivity contribution in [1.82, 2.24) is 9.71 Å². The molecule has 1 aliphatic rings. The minimum absolute atomic E-state index is 0.0482. The van der Waals surface area contributed by atoms with Crippen LogP contribution >= 0.6 is 11.3 Å². The van der Waals surface area contributed by atoms with Crippen LogP contribution in [0.5, 0.6) is 0 Å². The zero-order chi connectivity index (χ0) is 13.4. The molecule has 2 unspecified atom stereocenters. The highest BCUT2D eigenvalue weighted by Gasteiger charge is 2.40. The standard InChI is InChI=1S/C10H16N2O4S2/c1-7-10(13,3-4-16-7)6-12-18(14,15)9-5-11-8(2)17-9/h5,7,12-13H,3-4,6H2,1-2H3. The third-order valence-corrected chi connectivity index (χ3v) is 5.87. The Morgan fingerprint density at radius 1 is 1.72 bits per heavy atom. The second-order valence-corrected chi connectivity index (χ2v) is 7.62. The molecule has 0 amide bonds. The molecule has 0 bridgehead atoms. The van der Waals surface area contributed by atoms with E-state index in [2.05, 4.69) is 9.71 Å². The van der Waals surface area contributed by atoms with Crippen LogP contribution in [-0.2, 0) is 14.8 Å². The number of ether oxygens (including phenoxy) is 1. The van der Waals surface area contributed by atoms with Gasteiger partial charge in [0, 0.05) is 19.6 Å². The van der Waals surface area contributed by atoms with Crippen molar-refractivity contribution in [3.63, 3.8) is 0 Å². The Morgan fingerprint density at radius 2 is 2.44 bits per heavy atom. The van der Waals surface area contributed by atoms with Crippen LogP contribution in [0.25, 0.3) is 0 Å². The van der Waals surface area contributed by atoms with E-state index in [4.69, 9.17) is 4.74 Å². The maximum Gasteiger partial charge on any atom is 0.251 e. The topological polar surface area (TPSA) is 88.5 Å². The van der Waals surface area contributed by atoms with Crippen LogP contribution < -0.4 is 4.72 Å². The SMILES string of the molecule is Cc1ncc(S(=O)(=O)NCC2(O)CCOC2C)s1. The van der Waals surface area contributed by atoms with Crippen LogP contribution in [0.1, 0.15) is 18.4 Å². The summed E-state index contributed by atoms with van der Waals surface area (Å²) in [6.07, 6.45) is 1.38. The minimum Gasteiger partial charge on any atom is -0.386 e. The Balaban J connectivity index is 2.06. The number of aryl methyl sites for hydroxylation is 1. The highest BCUT2D eigenvalue weighted by Crippen LogP contribution is 2.26. The summed E-state index contributed by atoms with van der Waals surface area (Å²) in [6, 6.07) is 0. The van der Waals surface area contributed by atoms with Gasteiger partial charge >= 0.3 is 0 Å². The molecule has 102 valence electrons. The van der Waals surface area contributed by atoms with Crippen molar-refractivity contribution in [2.75, 3.05) is 13.2 Å². The van der Waals surface area contributed by atoms with E-state index in [9.17, 15) is 13.5 Å². The third kappa shape index (κ3) is 2.72. The average Bonchev–Trinajstić information content (AvgIpc) is 2.86. The summed E-state index contributed by atoms with van der Waals surface area (Å²) >= 11 is 1.10. The van der Waals surface area contributed by atoms with Crippen LogP contribution in [-0.4, -0.2) is 43.4 Å². The summed E-state index contributed by atoms with van der Waals surface area (Å²) in [5.74, 6) is 0. The lowest BCUT2D eigenvalue weighted by Gasteiger charge is -2.25. The number of aliphatic hydroxyl groups is 1. The second-order valence-electron chi connectivity index (χ2n) is 4.39. The Kier molecular flexibility index (Phi) is 3.75. The number of thiazole rings is 1. The van der Waals surface area contributed by atoms with Gasteiger partial charge in [0.05, 0.1) is 17.3 Å². The fourth-order valence-electron chi connectivity index (χ4n) is 1.76. The molecule has 1 saturated heterocycles. The maximum atomic E-state index is 12.0. The van der Waals surface area contributed by atoms with E-state index in [0.717, 1.165) is 11.3 Å². The molecule has 2 rings (SSSR count). The number of nitrogens with one attached hydrogen (secondary N) is 1. The van der Waals surface area contributed by atoms with Crippen LogP contribution in [0, 0.1) is 6.92 Å². The van der Waals surface area contributed by atoms with Crippen LogP contribution in [0.2, 0.25) is 0 Å². The molecule has 1 aromatic heterocycles. The third-order valence-electron chi connectivity index (χ3n) is 3.09. The number of nitrogens with zero attached hydrogens (tertiary/aromatic N) is 1. The van der Waals surface area contributed by atoms with Crippen molar-refractivity contribution >= 4 is 21.4 Å². The molecular weight excluding hydrogens is 276 g/mol. The second kappa shape index (κ2) is 4.86. The highest BCUT2D eigenvalue weighted by molar-refractivity contribution is 7.91. The number of aromatic nitrogens is 1. The van der Waals surface area contributed by atoms with Gasteiger partial charge in [-0.25, -0.2) is 18.1 Å². The molecule has 2 heterocycles. The molecule has 6 nitrogen and oxygen atoms in total. The Hall–Kier alpha value is -0.540. The van der Waals surface area contributed by atoms with Crippen LogP contribution in [0.4, 0.5) is 0 Å². The van der Waals surface area contributed by atoms with Crippen molar-refractivity contribution in [3.05, 3.63) is 11.2 Å². The normalized spacial score (nSPS) is 28.7. The van der Waals surface area contributed by atoms with E-state index in [-0.39, 0.29) is 16.9 Å². The first-order valence-electron chi connectivity index (χ1n) is 5.59. The van der Waals surface area contributed by atoms with E-state index in [1.54, 1.807) is 13.8 Å². The summed E-state index contributed by atoms with van der Waals surface area (Å²) in [5, 5.41) is 10.9. The van der Waals surface area contributed by atoms with Gasteiger partial charge in [-0.2, -0.15) is 0 Å². The highest BCUT2D eigenvalue weighted by atomic mass is 32.2. The summed E-state index contributed by atoms with van der Waals surface area (Å²) < 4.78 is 31.7. The molecule has 1 aromatic rings. The zero-order valence-corrected chi connectivity index (χ0v) is 11.8. The van der Waals surface area contributed by atoms with E-state index in [1.807, 2.05) is 0 Å². The van der Waals surface area contributed by atoms with Gasteiger partial charge in [0.25, 0.3) is 10.0 Å². The van der Waals surface area contributed by atoms with Gasteiger partial charge in [-0.1, -0.05) is 0 Å². The van der Waals surface area contributed by atoms with Gasteiger partial charge in [-0.05, 0) is 13.8 Å². The Bertz CT molecular complexity index is 528. The Labute approximate surface area is 110 Å². The predicted molar refractivity (Wildman–Crippen MR) is 67.0 cm³/mol. The number of sulfonamides is 1. The molecule has 0 radical (unpaired) electrons. The molecule has 1 fully saturated rings. The zero-order valence-electron chi connectivity index (χ0n) is 10.2. The summed E-state index contributed by atoms with van der Waals surface area (Å²) in [5.41, 5.74) is -1.13. The van der Waals surface area contributed by atoms with E-state index in [0.29, 0.717) is 18.0 Å². The molecule has 8 heteroatoms. The van der Waals surface area contributed by atoms with Gasteiger partial charge in [-0.3, -0.25) is 0 Å². The number of rotatable bonds is 4. The molecule has 1 aliphatic heterocycles. The van der Waals surface area contributed by atoms with Gasteiger partial charge in [0.15, 0.2) is 4.21 Å². The fraction of sp³-hybridized carbons (Fsp3) is 0.700. The van der Waals surface area contributed by atoms with Crippen molar-refractivity contribution in [2.24, 2.45) is 0 Å². The minimum atomic E-state index is -3.60. The molecule has 0 aromatic carbocycles.